The van der Waals surface area contributed by atoms with E-state index in [-0.39, 0.29) is 34.0 Å². The Morgan fingerprint density at radius 3 is 1.38 bits per heavy atom. The molecule has 0 amide bonds. The summed E-state index contributed by atoms with van der Waals surface area (Å²) in [7, 11) is 0. The van der Waals surface area contributed by atoms with Crippen LogP contribution in [0.4, 0.5) is 0 Å². The van der Waals surface area contributed by atoms with Gasteiger partial charge < -0.3 is 0 Å². The lowest BCUT2D eigenvalue weighted by Gasteiger charge is -2.02. The molecule has 0 heterocycles. The first kappa shape index (κ1) is 16.5. The smallest absolute Gasteiger partial charge is 0.171 e. The summed E-state index contributed by atoms with van der Waals surface area (Å²) in [6, 6.07) is 0. The molecule has 0 spiro atoms. The Labute approximate surface area is 82.1 Å². The zero-order chi connectivity index (χ0) is 4.99. The SMILES string of the molecule is Br.Br.CC[P]([Al])CC. The molecule has 0 aliphatic heterocycles. The van der Waals surface area contributed by atoms with Crippen molar-refractivity contribution in [3.05, 3.63) is 0 Å². The highest BCUT2D eigenvalue weighted by molar-refractivity contribution is 8.93. The van der Waals surface area contributed by atoms with Crippen molar-refractivity contribution >= 4 is 56.4 Å². The average molecular weight is 278 g/mol. The maximum atomic E-state index is 2.87. The molecule has 0 bridgehead atoms. The molecule has 2 radical (unpaired) electrons. The third-order valence-electron chi connectivity index (χ3n) is 0.812. The van der Waals surface area contributed by atoms with E-state index in [0.717, 1.165) is 0 Å². The lowest BCUT2D eigenvalue weighted by atomic mass is 11.0. The highest BCUT2D eigenvalue weighted by Gasteiger charge is 1.85. The van der Waals surface area contributed by atoms with E-state index in [9.17, 15) is 0 Å². The predicted octanol–water partition coefficient (Wildman–Crippen LogP) is 2.75. The molecule has 0 aliphatic carbocycles. The molecule has 0 aromatic rings. The van der Waals surface area contributed by atoms with Gasteiger partial charge in [-0.15, -0.1) is 34.0 Å². The summed E-state index contributed by atoms with van der Waals surface area (Å²) < 4.78 is 0. The Morgan fingerprint density at radius 1 is 1.12 bits per heavy atom. The van der Waals surface area contributed by atoms with E-state index in [1.807, 2.05) is 0 Å². The quantitative estimate of drug-likeness (QED) is 0.538. The molecular formula is C4H12AlBr2P. The molecule has 8 heavy (non-hydrogen) atoms. The molecule has 4 heteroatoms. The second-order valence-electron chi connectivity index (χ2n) is 1.22. The number of halogens is 2. The van der Waals surface area contributed by atoms with Crippen LogP contribution in [0.15, 0.2) is 0 Å². The van der Waals surface area contributed by atoms with Gasteiger partial charge in [-0.05, 0) is 0 Å². The van der Waals surface area contributed by atoms with Crippen LogP contribution in [0.2, 0.25) is 0 Å². The normalized spacial score (nSPS) is 7.38. The number of rotatable bonds is 2. The van der Waals surface area contributed by atoms with Crippen molar-refractivity contribution in [2.75, 3.05) is 12.3 Å². The van der Waals surface area contributed by atoms with Gasteiger partial charge in [-0.25, -0.2) is 6.57 Å². The minimum Gasteiger partial charge on any atom is -0.201 e. The van der Waals surface area contributed by atoms with Crippen LogP contribution in [0.3, 0.4) is 0 Å². The van der Waals surface area contributed by atoms with Gasteiger partial charge >= 0.3 is 0 Å². The molecule has 0 fully saturated rings. The van der Waals surface area contributed by atoms with Gasteiger partial charge in [-0.1, -0.05) is 26.2 Å². The van der Waals surface area contributed by atoms with Gasteiger partial charge in [-0.2, -0.15) is 0 Å². The van der Waals surface area contributed by atoms with Crippen LogP contribution in [-0.4, -0.2) is 28.2 Å². The second-order valence-corrected chi connectivity index (χ2v) is 5.85. The summed E-state index contributed by atoms with van der Waals surface area (Å²) in [5.74, 6) is 0. The molecule has 0 aromatic carbocycles. The van der Waals surface area contributed by atoms with Gasteiger partial charge in [0.15, 0.2) is 15.8 Å². The predicted molar refractivity (Wildman–Crippen MR) is 54.4 cm³/mol. The van der Waals surface area contributed by atoms with Gasteiger partial charge in [-0.3, -0.25) is 0 Å². The molecule has 0 atom stereocenters. The van der Waals surface area contributed by atoms with E-state index < -0.39 is 0 Å². The van der Waals surface area contributed by atoms with E-state index in [4.69, 9.17) is 0 Å². The van der Waals surface area contributed by atoms with E-state index in [0.29, 0.717) is 6.57 Å². The average Bonchev–Trinajstić information content (AvgIpc) is 1.65. The van der Waals surface area contributed by atoms with E-state index in [2.05, 4.69) is 29.7 Å². The van der Waals surface area contributed by atoms with Crippen LogP contribution in [0.5, 0.6) is 0 Å². The largest absolute Gasteiger partial charge is 0.201 e. The van der Waals surface area contributed by atoms with Crippen LogP contribution in [-0.2, 0) is 0 Å². The van der Waals surface area contributed by atoms with E-state index >= 15 is 0 Å². The van der Waals surface area contributed by atoms with Crippen LogP contribution < -0.4 is 0 Å². The Morgan fingerprint density at radius 2 is 1.38 bits per heavy atom. The van der Waals surface area contributed by atoms with Gasteiger partial charge in [0.2, 0.25) is 0 Å². The number of hydrogen-bond donors (Lipinski definition) is 0. The summed E-state index contributed by atoms with van der Waals surface area (Å²) in [6.45, 7) is 4.82. The highest BCUT2D eigenvalue weighted by Crippen LogP contribution is 2.25. The van der Waals surface area contributed by atoms with Crippen LogP contribution >= 0.6 is 40.5 Å². The van der Waals surface area contributed by atoms with Crippen LogP contribution in [0.25, 0.3) is 0 Å². The molecule has 0 saturated heterocycles. The second kappa shape index (κ2) is 11.7. The van der Waals surface area contributed by atoms with Crippen LogP contribution in [0.1, 0.15) is 13.8 Å². The van der Waals surface area contributed by atoms with Crippen molar-refractivity contribution < 1.29 is 0 Å². The first-order valence-electron chi connectivity index (χ1n) is 2.30. The molecular weight excluding hydrogens is 266 g/mol. The zero-order valence-electron chi connectivity index (χ0n) is 5.26. The van der Waals surface area contributed by atoms with Crippen molar-refractivity contribution in [3.8, 4) is 0 Å². The lowest BCUT2D eigenvalue weighted by molar-refractivity contribution is 1.44. The van der Waals surface area contributed by atoms with E-state index in [1.54, 1.807) is 0 Å². The first-order valence-corrected chi connectivity index (χ1v) is 5.64. The monoisotopic (exact) mass is 276 g/mol. The molecule has 0 nitrogen and oxygen atoms in total. The summed E-state index contributed by atoms with van der Waals surface area (Å²) in [4.78, 5) is 0. The highest BCUT2D eigenvalue weighted by atomic mass is 79.9. The summed E-state index contributed by atoms with van der Waals surface area (Å²) in [5.41, 5.74) is 0. The van der Waals surface area contributed by atoms with Gasteiger partial charge in [0.1, 0.15) is 0 Å². The third kappa shape index (κ3) is 10.8. The van der Waals surface area contributed by atoms with E-state index in [1.165, 1.54) is 12.3 Å². The van der Waals surface area contributed by atoms with Crippen molar-refractivity contribution in [2.24, 2.45) is 0 Å². The molecule has 0 unspecified atom stereocenters. The maximum Gasteiger partial charge on any atom is 0.171 e. The van der Waals surface area contributed by atoms with Crippen molar-refractivity contribution in [3.63, 3.8) is 0 Å². The fraction of sp³-hybridized carbons (Fsp3) is 1.00. The third-order valence-corrected chi connectivity index (χ3v) is 4.63. The lowest BCUT2D eigenvalue weighted by Crippen LogP contribution is -1.77. The van der Waals surface area contributed by atoms with Gasteiger partial charge in [0.05, 0.1) is 0 Å². The van der Waals surface area contributed by atoms with Gasteiger partial charge in [0.25, 0.3) is 0 Å². The minimum atomic E-state index is 0. The standard InChI is InChI=1S/C4H10P.Al.2BrH/c1-3-5-4-2;;;/h3-4H2,1-2H3;;2*1H/q-1;+1;;. The minimum absolute atomic E-state index is 0. The molecule has 0 rings (SSSR count). The Hall–Kier alpha value is 1.92. The Kier molecular flexibility index (Phi) is 24.1. The molecule has 0 aliphatic rings. The summed E-state index contributed by atoms with van der Waals surface area (Å²) >= 11 is 2.87. The zero-order valence-corrected chi connectivity index (χ0v) is 10.7. The summed E-state index contributed by atoms with van der Waals surface area (Å²) in [6.07, 6.45) is 2.72. The topological polar surface area (TPSA) is 0 Å². The van der Waals surface area contributed by atoms with Crippen molar-refractivity contribution in [1.82, 2.24) is 0 Å². The number of hydrogen-bond acceptors (Lipinski definition) is 0. The fourth-order valence-electron chi connectivity index (χ4n) is 0.224. The van der Waals surface area contributed by atoms with Crippen molar-refractivity contribution in [1.29, 1.82) is 0 Å². The molecule has 0 aromatic heterocycles. The Balaban J connectivity index is -0.000000125. The molecule has 0 N–H and O–H groups in total. The van der Waals surface area contributed by atoms with Crippen LogP contribution in [0, 0.1) is 0 Å². The van der Waals surface area contributed by atoms with Gasteiger partial charge in [0, 0.05) is 0 Å². The molecule has 0 saturated carbocycles. The fourth-order valence-corrected chi connectivity index (χ4v) is 0.671. The maximum absolute atomic E-state index is 2.87. The Bertz CT molecular complexity index is 33.2. The van der Waals surface area contributed by atoms with Crippen molar-refractivity contribution in [2.45, 2.75) is 13.8 Å². The molecule has 50 valence electrons. The summed E-state index contributed by atoms with van der Waals surface area (Å²) in [5, 5.41) is 0. The first-order chi connectivity index (χ1) is 2.81.